The van der Waals surface area contributed by atoms with Gasteiger partial charge in [0, 0.05) is 23.2 Å². The van der Waals surface area contributed by atoms with E-state index in [2.05, 4.69) is 21.7 Å². The van der Waals surface area contributed by atoms with Crippen molar-refractivity contribution in [3.8, 4) is 5.69 Å². The van der Waals surface area contributed by atoms with E-state index in [1.807, 2.05) is 24.3 Å². The number of fused-ring (bicyclic) bond motifs is 1. The Morgan fingerprint density at radius 2 is 1.87 bits per heavy atom. The van der Waals surface area contributed by atoms with Crippen molar-refractivity contribution in [2.24, 2.45) is 0 Å². The summed E-state index contributed by atoms with van der Waals surface area (Å²) in [6.45, 7) is -0.000380. The Morgan fingerprint density at radius 1 is 1.06 bits per heavy atom. The van der Waals surface area contributed by atoms with Crippen molar-refractivity contribution in [1.82, 2.24) is 24.8 Å². The summed E-state index contributed by atoms with van der Waals surface area (Å²) >= 11 is 0. The highest BCUT2D eigenvalue weighted by Crippen LogP contribution is 2.45. The van der Waals surface area contributed by atoms with Gasteiger partial charge in [0.25, 0.3) is 0 Å². The minimum absolute atomic E-state index is 0.000380. The molecule has 6 rings (SSSR count). The highest BCUT2D eigenvalue weighted by molar-refractivity contribution is 5.91. The summed E-state index contributed by atoms with van der Waals surface area (Å²) in [7, 11) is 0. The van der Waals surface area contributed by atoms with E-state index in [4.69, 9.17) is 5.10 Å². The third-order valence-corrected chi connectivity index (χ3v) is 5.92. The largest absolute Gasteiger partial charge is 0.324 e. The maximum atomic E-state index is 15.0. The third-order valence-electron chi connectivity index (χ3n) is 5.92. The van der Waals surface area contributed by atoms with Gasteiger partial charge in [-0.3, -0.25) is 4.79 Å². The summed E-state index contributed by atoms with van der Waals surface area (Å²) in [5.41, 5.74) is 4.49. The first kappa shape index (κ1) is 18.2. The van der Waals surface area contributed by atoms with Crippen LogP contribution >= 0.6 is 0 Å². The van der Waals surface area contributed by atoms with Crippen LogP contribution in [0.15, 0.2) is 48.5 Å². The van der Waals surface area contributed by atoms with Crippen LogP contribution in [-0.2, 0) is 11.3 Å². The number of aromatic nitrogens is 5. The zero-order valence-corrected chi connectivity index (χ0v) is 16.8. The van der Waals surface area contributed by atoms with Crippen molar-refractivity contribution in [3.63, 3.8) is 0 Å². The molecule has 0 spiro atoms. The first-order valence-corrected chi connectivity index (χ1v) is 10.6. The molecule has 31 heavy (non-hydrogen) atoms. The molecule has 2 aromatic heterocycles. The molecule has 2 aliphatic rings. The van der Waals surface area contributed by atoms with Crippen LogP contribution in [0.25, 0.3) is 16.7 Å². The molecule has 2 fully saturated rings. The second-order valence-electron chi connectivity index (χ2n) is 8.40. The summed E-state index contributed by atoms with van der Waals surface area (Å²) in [5, 5.41) is 15.5. The van der Waals surface area contributed by atoms with Gasteiger partial charge in [-0.2, -0.15) is 5.10 Å². The molecule has 1 amide bonds. The van der Waals surface area contributed by atoms with E-state index >= 15 is 4.39 Å². The number of hydrogen-bond acceptors (Lipinski definition) is 4. The van der Waals surface area contributed by atoms with E-state index in [0.29, 0.717) is 23.2 Å². The summed E-state index contributed by atoms with van der Waals surface area (Å²) in [6, 6.07) is 14.3. The first-order valence-electron chi connectivity index (χ1n) is 10.6. The van der Waals surface area contributed by atoms with Crippen molar-refractivity contribution in [3.05, 3.63) is 65.7 Å². The highest BCUT2D eigenvalue weighted by Gasteiger charge is 2.33. The van der Waals surface area contributed by atoms with Crippen molar-refractivity contribution in [2.45, 2.75) is 44.1 Å². The Bertz CT molecular complexity index is 1300. The fourth-order valence-electron chi connectivity index (χ4n) is 3.98. The normalized spacial score (nSPS) is 16.0. The number of nitrogens with one attached hydrogen (secondary N) is 1. The average Bonchev–Trinajstić information content (AvgIpc) is 3.70. The predicted molar refractivity (Wildman–Crippen MR) is 114 cm³/mol. The lowest BCUT2D eigenvalue weighted by Crippen LogP contribution is -2.19. The fraction of sp³-hybridized carbons (Fsp3) is 0.304. The number of amides is 1. The molecular weight excluding hydrogens is 395 g/mol. The van der Waals surface area contributed by atoms with E-state index in [0.717, 1.165) is 48.1 Å². The molecule has 2 aliphatic carbocycles. The van der Waals surface area contributed by atoms with Crippen LogP contribution in [0.3, 0.4) is 0 Å². The lowest BCUT2D eigenvalue weighted by molar-refractivity contribution is -0.116. The molecule has 8 heteroatoms. The number of halogens is 1. The van der Waals surface area contributed by atoms with Crippen LogP contribution in [0.1, 0.15) is 48.9 Å². The molecule has 2 heterocycles. The maximum Gasteiger partial charge on any atom is 0.246 e. The molecule has 0 saturated heterocycles. The summed E-state index contributed by atoms with van der Waals surface area (Å²) in [4.78, 5) is 12.5. The molecule has 0 radical (unpaired) electrons. The minimum atomic E-state index is -0.406. The molecule has 0 unspecified atom stereocenters. The molecular formula is C23H21FN6O. The van der Waals surface area contributed by atoms with Crippen LogP contribution in [-0.4, -0.2) is 30.7 Å². The number of carbonyl (C=O) groups excluding carboxylic acids is 1. The van der Waals surface area contributed by atoms with Gasteiger partial charge in [0.2, 0.25) is 5.91 Å². The lowest BCUT2D eigenvalue weighted by atomic mass is 10.2. The van der Waals surface area contributed by atoms with Gasteiger partial charge in [-0.25, -0.2) is 13.8 Å². The van der Waals surface area contributed by atoms with E-state index in [1.54, 1.807) is 16.8 Å². The van der Waals surface area contributed by atoms with E-state index in [-0.39, 0.29) is 12.5 Å². The van der Waals surface area contributed by atoms with Crippen LogP contribution in [0.2, 0.25) is 0 Å². The molecule has 1 N–H and O–H groups in total. The van der Waals surface area contributed by atoms with Gasteiger partial charge >= 0.3 is 0 Å². The number of benzene rings is 2. The standard InChI is InChI=1S/C23H21FN6O/c24-17-11-16(25-23(31)13-29-21-4-2-1-3-18(21)26-28-29)9-10-20(17)30-22(15-7-8-15)12-19(27-30)14-5-6-14/h1-4,9-12,14-15H,5-8,13H2,(H,25,31). The number of carbonyl (C=O) groups is 1. The minimum Gasteiger partial charge on any atom is -0.324 e. The molecule has 2 aromatic carbocycles. The van der Waals surface area contributed by atoms with Gasteiger partial charge in [0.15, 0.2) is 5.82 Å². The van der Waals surface area contributed by atoms with Crippen LogP contribution in [0.4, 0.5) is 10.1 Å². The SMILES string of the molecule is O=C(Cn1nnc2ccccc21)Nc1ccc(-n2nc(C3CC3)cc2C2CC2)c(F)c1. The zero-order chi connectivity index (χ0) is 20.9. The lowest BCUT2D eigenvalue weighted by Gasteiger charge is -2.11. The second-order valence-corrected chi connectivity index (χ2v) is 8.40. The molecule has 0 aliphatic heterocycles. The Morgan fingerprint density at radius 3 is 2.65 bits per heavy atom. The van der Waals surface area contributed by atoms with Gasteiger partial charge in [-0.05, 0) is 62.1 Å². The summed E-state index contributed by atoms with van der Waals surface area (Å²) in [6.07, 6.45) is 4.58. The fourth-order valence-corrected chi connectivity index (χ4v) is 3.98. The van der Waals surface area contributed by atoms with E-state index in [1.165, 1.54) is 10.7 Å². The van der Waals surface area contributed by atoms with Crippen LogP contribution in [0, 0.1) is 5.82 Å². The van der Waals surface area contributed by atoms with Gasteiger partial charge in [0.05, 0.1) is 11.2 Å². The van der Waals surface area contributed by atoms with Crippen molar-refractivity contribution >= 4 is 22.6 Å². The van der Waals surface area contributed by atoms with Crippen molar-refractivity contribution in [1.29, 1.82) is 0 Å². The Kier molecular flexibility index (Phi) is 4.12. The maximum absolute atomic E-state index is 15.0. The number of anilines is 1. The molecule has 7 nitrogen and oxygen atoms in total. The number of rotatable bonds is 6. The zero-order valence-electron chi connectivity index (χ0n) is 16.8. The van der Waals surface area contributed by atoms with Crippen LogP contribution in [0.5, 0.6) is 0 Å². The second kappa shape index (κ2) is 7.01. The van der Waals surface area contributed by atoms with Crippen LogP contribution < -0.4 is 5.32 Å². The predicted octanol–water partition coefficient (Wildman–Crippen LogP) is 4.15. The Hall–Kier alpha value is -3.55. The molecule has 156 valence electrons. The molecule has 0 bridgehead atoms. The Balaban J connectivity index is 1.22. The van der Waals surface area contributed by atoms with Gasteiger partial charge in [-0.1, -0.05) is 17.3 Å². The molecule has 0 atom stereocenters. The first-order chi connectivity index (χ1) is 15.2. The van der Waals surface area contributed by atoms with Crippen molar-refractivity contribution in [2.75, 3.05) is 5.32 Å². The topological polar surface area (TPSA) is 77.6 Å². The monoisotopic (exact) mass is 416 g/mol. The number of hydrogen-bond donors (Lipinski definition) is 1. The van der Waals surface area contributed by atoms with Gasteiger partial charge in [-0.15, -0.1) is 5.10 Å². The van der Waals surface area contributed by atoms with Gasteiger partial charge in [0.1, 0.15) is 17.7 Å². The quantitative estimate of drug-likeness (QED) is 0.512. The number of nitrogens with zero attached hydrogens (tertiary/aromatic N) is 5. The Labute approximate surface area is 177 Å². The smallest absolute Gasteiger partial charge is 0.246 e. The van der Waals surface area contributed by atoms with E-state index in [9.17, 15) is 4.79 Å². The molecule has 2 saturated carbocycles. The van der Waals surface area contributed by atoms with E-state index < -0.39 is 5.82 Å². The van der Waals surface area contributed by atoms with Crippen molar-refractivity contribution < 1.29 is 9.18 Å². The van der Waals surface area contributed by atoms with Gasteiger partial charge < -0.3 is 5.32 Å². The third kappa shape index (κ3) is 3.48. The summed E-state index contributed by atoms with van der Waals surface area (Å²) in [5.74, 6) is 0.289. The average molecular weight is 416 g/mol. The summed E-state index contributed by atoms with van der Waals surface area (Å²) < 4.78 is 18.3. The number of para-hydroxylation sites is 1. The highest BCUT2D eigenvalue weighted by atomic mass is 19.1. The molecule has 4 aromatic rings.